The van der Waals surface area contributed by atoms with Gasteiger partial charge in [-0.25, -0.2) is 9.18 Å². The normalized spacial score (nSPS) is 17.2. The van der Waals surface area contributed by atoms with Crippen LogP contribution < -0.4 is 5.73 Å². The summed E-state index contributed by atoms with van der Waals surface area (Å²) in [5.74, 6) is -1.15. The van der Waals surface area contributed by atoms with E-state index in [1.165, 1.54) is 6.07 Å². The molecule has 3 nitrogen and oxygen atoms in total. The van der Waals surface area contributed by atoms with Crippen LogP contribution in [0.1, 0.15) is 40.9 Å². The first-order valence-corrected chi connectivity index (χ1v) is 5.38. The number of rotatable bonds is 2. The maximum absolute atomic E-state index is 13.6. The molecule has 1 aromatic rings. The lowest BCUT2D eigenvalue weighted by Crippen LogP contribution is -2.10. The third kappa shape index (κ3) is 2.58. The standard InChI is InChI=1S/C12H14FNO2.ClH/c1-2-16-12(15)9-5-7-3-4-11(14)8(7)6-10(9)13;/h5-6,11H,2-4,14H2,1H3;1H/t11-;/m1./s1. The van der Waals surface area contributed by atoms with E-state index in [-0.39, 0.29) is 30.6 Å². The van der Waals surface area contributed by atoms with E-state index in [0.29, 0.717) is 0 Å². The number of fused-ring (bicyclic) bond motifs is 1. The molecule has 0 aromatic heterocycles. The number of halogens is 2. The molecule has 0 aliphatic heterocycles. The van der Waals surface area contributed by atoms with Crippen LogP contribution in [0.25, 0.3) is 0 Å². The number of ether oxygens (including phenoxy) is 1. The third-order valence-corrected chi connectivity index (χ3v) is 2.85. The Hall–Kier alpha value is -1.13. The number of aryl methyl sites for hydroxylation is 1. The second-order valence-corrected chi connectivity index (χ2v) is 3.90. The van der Waals surface area contributed by atoms with Crippen molar-refractivity contribution in [1.29, 1.82) is 0 Å². The molecule has 17 heavy (non-hydrogen) atoms. The van der Waals surface area contributed by atoms with Crippen LogP contribution >= 0.6 is 12.4 Å². The van der Waals surface area contributed by atoms with Crippen LogP contribution in [0, 0.1) is 5.82 Å². The summed E-state index contributed by atoms with van der Waals surface area (Å²) in [4.78, 5) is 11.5. The molecule has 0 heterocycles. The largest absolute Gasteiger partial charge is 0.462 e. The van der Waals surface area contributed by atoms with Crippen LogP contribution in [-0.4, -0.2) is 12.6 Å². The van der Waals surface area contributed by atoms with Gasteiger partial charge in [-0.3, -0.25) is 0 Å². The highest BCUT2D eigenvalue weighted by Gasteiger charge is 2.23. The van der Waals surface area contributed by atoms with Crippen LogP contribution in [-0.2, 0) is 11.2 Å². The van der Waals surface area contributed by atoms with Crippen LogP contribution in [0.4, 0.5) is 4.39 Å². The van der Waals surface area contributed by atoms with E-state index in [4.69, 9.17) is 10.5 Å². The van der Waals surface area contributed by atoms with Crippen molar-refractivity contribution in [3.63, 3.8) is 0 Å². The molecule has 1 atom stereocenters. The van der Waals surface area contributed by atoms with Crippen LogP contribution in [0.3, 0.4) is 0 Å². The smallest absolute Gasteiger partial charge is 0.341 e. The zero-order chi connectivity index (χ0) is 11.7. The summed E-state index contributed by atoms with van der Waals surface area (Å²) < 4.78 is 18.4. The molecule has 0 amide bonds. The van der Waals surface area contributed by atoms with Gasteiger partial charge in [-0.15, -0.1) is 12.4 Å². The first-order chi connectivity index (χ1) is 7.63. The highest BCUT2D eigenvalue weighted by Crippen LogP contribution is 2.31. The maximum atomic E-state index is 13.6. The first-order valence-electron chi connectivity index (χ1n) is 5.38. The highest BCUT2D eigenvalue weighted by atomic mass is 35.5. The Bertz CT molecular complexity index is 437. The van der Waals surface area contributed by atoms with E-state index < -0.39 is 11.8 Å². The fraction of sp³-hybridized carbons (Fsp3) is 0.417. The SMILES string of the molecule is CCOC(=O)c1cc2c(cc1F)[C@H](N)CC2.Cl. The first kappa shape index (κ1) is 13.9. The molecule has 0 radical (unpaired) electrons. The van der Waals surface area contributed by atoms with Gasteiger partial charge in [-0.2, -0.15) is 0 Å². The van der Waals surface area contributed by atoms with E-state index >= 15 is 0 Å². The van der Waals surface area contributed by atoms with Crippen molar-refractivity contribution in [3.05, 3.63) is 34.6 Å². The summed E-state index contributed by atoms with van der Waals surface area (Å²) in [7, 11) is 0. The van der Waals surface area contributed by atoms with Gasteiger partial charge in [-0.05, 0) is 43.0 Å². The van der Waals surface area contributed by atoms with E-state index in [1.807, 2.05) is 0 Å². The Balaban J connectivity index is 0.00000144. The number of benzene rings is 1. The Kier molecular flexibility index (Phi) is 4.48. The van der Waals surface area contributed by atoms with Gasteiger partial charge in [0.15, 0.2) is 0 Å². The van der Waals surface area contributed by atoms with Crippen molar-refractivity contribution in [2.45, 2.75) is 25.8 Å². The monoisotopic (exact) mass is 259 g/mol. The molecular formula is C12H15ClFNO2. The van der Waals surface area contributed by atoms with Gasteiger partial charge >= 0.3 is 5.97 Å². The Labute approximate surface area is 106 Å². The zero-order valence-corrected chi connectivity index (χ0v) is 10.3. The Morgan fingerprint density at radius 3 is 2.94 bits per heavy atom. The molecule has 94 valence electrons. The number of nitrogens with two attached hydrogens (primary N) is 1. The van der Waals surface area contributed by atoms with Crippen molar-refractivity contribution in [2.75, 3.05) is 6.61 Å². The Morgan fingerprint density at radius 1 is 1.59 bits per heavy atom. The number of carbonyl (C=O) groups excluding carboxylic acids is 1. The van der Waals surface area contributed by atoms with Gasteiger partial charge in [0.1, 0.15) is 5.82 Å². The maximum Gasteiger partial charge on any atom is 0.341 e. The second kappa shape index (κ2) is 5.47. The average Bonchev–Trinajstić information content (AvgIpc) is 2.59. The second-order valence-electron chi connectivity index (χ2n) is 3.90. The Morgan fingerprint density at radius 2 is 2.29 bits per heavy atom. The molecule has 2 rings (SSSR count). The van der Waals surface area contributed by atoms with E-state index in [0.717, 1.165) is 24.0 Å². The van der Waals surface area contributed by atoms with Crippen molar-refractivity contribution in [1.82, 2.24) is 0 Å². The van der Waals surface area contributed by atoms with Gasteiger partial charge in [0.25, 0.3) is 0 Å². The summed E-state index contributed by atoms with van der Waals surface area (Å²) in [5.41, 5.74) is 7.59. The van der Waals surface area contributed by atoms with Crippen LogP contribution in [0.2, 0.25) is 0 Å². The van der Waals surface area contributed by atoms with Gasteiger partial charge in [0.2, 0.25) is 0 Å². The third-order valence-electron chi connectivity index (χ3n) is 2.85. The highest BCUT2D eigenvalue weighted by molar-refractivity contribution is 5.90. The zero-order valence-electron chi connectivity index (χ0n) is 9.53. The fourth-order valence-corrected chi connectivity index (χ4v) is 2.03. The van der Waals surface area contributed by atoms with Gasteiger partial charge in [0, 0.05) is 6.04 Å². The van der Waals surface area contributed by atoms with Crippen molar-refractivity contribution in [3.8, 4) is 0 Å². The number of carbonyl (C=O) groups is 1. The van der Waals surface area contributed by atoms with E-state index in [9.17, 15) is 9.18 Å². The molecule has 0 spiro atoms. The average molecular weight is 260 g/mol. The molecule has 1 aliphatic carbocycles. The fourth-order valence-electron chi connectivity index (χ4n) is 2.03. The minimum atomic E-state index is -0.608. The van der Waals surface area contributed by atoms with Crippen molar-refractivity contribution < 1.29 is 13.9 Å². The predicted molar refractivity (Wildman–Crippen MR) is 64.9 cm³/mol. The predicted octanol–water partition coefficient (Wildman–Crippen LogP) is 2.37. The molecule has 0 saturated carbocycles. The lowest BCUT2D eigenvalue weighted by molar-refractivity contribution is 0.0521. The molecule has 5 heteroatoms. The molecule has 0 saturated heterocycles. The molecule has 1 aromatic carbocycles. The number of hydrogen-bond donors (Lipinski definition) is 1. The summed E-state index contributed by atoms with van der Waals surface area (Å²) in [5, 5.41) is 0. The molecule has 2 N–H and O–H groups in total. The minimum absolute atomic E-state index is 0. The summed E-state index contributed by atoms with van der Waals surface area (Å²) in [6.45, 7) is 1.94. The molecule has 0 fully saturated rings. The molecule has 1 aliphatic rings. The van der Waals surface area contributed by atoms with E-state index in [2.05, 4.69) is 0 Å². The topological polar surface area (TPSA) is 52.3 Å². The quantitative estimate of drug-likeness (QED) is 0.830. The van der Waals surface area contributed by atoms with Crippen LogP contribution in [0.15, 0.2) is 12.1 Å². The lowest BCUT2D eigenvalue weighted by atomic mass is 10.0. The minimum Gasteiger partial charge on any atom is -0.462 e. The van der Waals surface area contributed by atoms with E-state index in [1.54, 1.807) is 13.0 Å². The van der Waals surface area contributed by atoms with Gasteiger partial charge < -0.3 is 10.5 Å². The van der Waals surface area contributed by atoms with Gasteiger partial charge in [0.05, 0.1) is 12.2 Å². The van der Waals surface area contributed by atoms with Gasteiger partial charge in [-0.1, -0.05) is 0 Å². The summed E-state index contributed by atoms with van der Waals surface area (Å²) in [6.07, 6.45) is 1.60. The number of hydrogen-bond acceptors (Lipinski definition) is 3. The molecular weight excluding hydrogens is 245 g/mol. The number of esters is 1. The summed E-state index contributed by atoms with van der Waals surface area (Å²) in [6, 6.07) is 2.81. The molecule has 0 bridgehead atoms. The summed E-state index contributed by atoms with van der Waals surface area (Å²) >= 11 is 0. The van der Waals surface area contributed by atoms with Crippen LogP contribution in [0.5, 0.6) is 0 Å². The lowest BCUT2D eigenvalue weighted by Gasteiger charge is -2.08. The molecule has 0 unspecified atom stereocenters. The van der Waals surface area contributed by atoms with Crippen molar-refractivity contribution >= 4 is 18.4 Å². The van der Waals surface area contributed by atoms with Crippen molar-refractivity contribution in [2.24, 2.45) is 5.73 Å².